The van der Waals surface area contributed by atoms with E-state index in [1.807, 2.05) is 13.8 Å². The van der Waals surface area contributed by atoms with Crippen LogP contribution in [0.5, 0.6) is 0 Å². The van der Waals surface area contributed by atoms with Crippen molar-refractivity contribution >= 4 is 39.2 Å². The van der Waals surface area contributed by atoms with E-state index in [0.717, 1.165) is 12.8 Å². The van der Waals surface area contributed by atoms with Crippen molar-refractivity contribution in [3.05, 3.63) is 11.1 Å². The molecule has 0 aromatic heterocycles. The second-order valence-corrected chi connectivity index (χ2v) is 11.1. The topological polar surface area (TPSA) is 91.8 Å². The third-order valence-corrected chi connectivity index (χ3v) is 7.76. The molecule has 2 heterocycles. The molecule has 1 aliphatic carbocycles. The molecule has 9 heteroatoms. The summed E-state index contributed by atoms with van der Waals surface area (Å²) in [5, 5.41) is 0.536. The van der Waals surface area contributed by atoms with E-state index in [0.29, 0.717) is 18.0 Å². The van der Waals surface area contributed by atoms with Crippen LogP contribution in [-0.4, -0.2) is 72.2 Å². The predicted octanol–water partition coefficient (Wildman–Crippen LogP) is 1.05. The Labute approximate surface area is 164 Å². The minimum absolute atomic E-state index is 0.0168. The van der Waals surface area contributed by atoms with Gasteiger partial charge in [-0.3, -0.25) is 19.3 Å². The van der Waals surface area contributed by atoms with Crippen LogP contribution in [0.4, 0.5) is 0 Å². The summed E-state index contributed by atoms with van der Waals surface area (Å²) >= 11 is 1.28. The molecular formula is C18H26N2O5S2. The normalized spacial score (nSPS) is 26.2. The maximum atomic E-state index is 13.0. The maximum absolute atomic E-state index is 13.0. The number of carbonyl (C=O) groups excluding carboxylic acids is 3. The number of amides is 2. The van der Waals surface area contributed by atoms with E-state index >= 15 is 0 Å². The molecule has 27 heavy (non-hydrogen) atoms. The van der Waals surface area contributed by atoms with Crippen molar-refractivity contribution in [1.29, 1.82) is 0 Å². The SMILES string of the molecule is CC(C)CN(C(=O)CN1C(=O)CS/C1=C/C(=O)C1CC1)[C@H]1CCS(=O)(=O)C1. The van der Waals surface area contributed by atoms with Crippen LogP contribution in [0.25, 0.3) is 0 Å². The summed E-state index contributed by atoms with van der Waals surface area (Å²) in [6.45, 7) is 4.26. The first-order chi connectivity index (χ1) is 12.7. The largest absolute Gasteiger partial charge is 0.337 e. The summed E-state index contributed by atoms with van der Waals surface area (Å²) in [7, 11) is -3.11. The highest BCUT2D eigenvalue weighted by Crippen LogP contribution is 2.34. The molecule has 1 saturated carbocycles. The average Bonchev–Trinajstić information content (AvgIpc) is 3.30. The first-order valence-corrected chi connectivity index (χ1v) is 12.2. The zero-order valence-corrected chi connectivity index (χ0v) is 17.4. The number of thioether (sulfide) groups is 1. The quantitative estimate of drug-likeness (QED) is 0.579. The fourth-order valence-corrected chi connectivity index (χ4v) is 6.08. The number of hydrogen-bond donors (Lipinski definition) is 0. The lowest BCUT2D eigenvalue weighted by Gasteiger charge is -2.31. The Morgan fingerprint density at radius 2 is 2.00 bits per heavy atom. The van der Waals surface area contributed by atoms with Crippen molar-refractivity contribution < 1.29 is 22.8 Å². The molecular weight excluding hydrogens is 388 g/mol. The fraction of sp³-hybridized carbons (Fsp3) is 0.722. The summed E-state index contributed by atoms with van der Waals surface area (Å²) < 4.78 is 23.7. The van der Waals surface area contributed by atoms with Crippen LogP contribution in [0, 0.1) is 11.8 Å². The van der Waals surface area contributed by atoms with Gasteiger partial charge in [-0.2, -0.15) is 0 Å². The molecule has 1 atom stereocenters. The Hall–Kier alpha value is -1.35. The number of allylic oxidation sites excluding steroid dienone is 1. The second kappa shape index (κ2) is 7.95. The van der Waals surface area contributed by atoms with Gasteiger partial charge in [-0.05, 0) is 25.2 Å². The number of nitrogens with zero attached hydrogens (tertiary/aromatic N) is 2. The summed E-state index contributed by atoms with van der Waals surface area (Å²) in [6, 6.07) is -0.337. The van der Waals surface area contributed by atoms with E-state index in [1.54, 1.807) is 4.90 Å². The average molecular weight is 415 g/mol. The highest BCUT2D eigenvalue weighted by Gasteiger charge is 2.38. The minimum Gasteiger partial charge on any atom is -0.337 e. The van der Waals surface area contributed by atoms with Crippen molar-refractivity contribution in [2.24, 2.45) is 11.8 Å². The highest BCUT2D eigenvalue weighted by atomic mass is 32.2. The van der Waals surface area contributed by atoms with Crippen LogP contribution >= 0.6 is 11.8 Å². The van der Waals surface area contributed by atoms with Crippen LogP contribution < -0.4 is 0 Å². The molecule has 3 rings (SSSR count). The molecule has 0 bridgehead atoms. The van der Waals surface area contributed by atoms with Crippen LogP contribution in [0.3, 0.4) is 0 Å². The predicted molar refractivity (Wildman–Crippen MR) is 104 cm³/mol. The molecule has 2 saturated heterocycles. The van der Waals surface area contributed by atoms with Gasteiger partial charge in [0.1, 0.15) is 6.54 Å². The maximum Gasteiger partial charge on any atom is 0.242 e. The lowest BCUT2D eigenvalue weighted by molar-refractivity contribution is -0.138. The van der Waals surface area contributed by atoms with Gasteiger partial charge in [-0.1, -0.05) is 25.6 Å². The van der Waals surface area contributed by atoms with Gasteiger partial charge in [0.2, 0.25) is 11.8 Å². The summed E-state index contributed by atoms with van der Waals surface area (Å²) in [6.07, 6.45) is 3.70. The molecule has 0 spiro atoms. The van der Waals surface area contributed by atoms with Crippen LogP contribution in [0.15, 0.2) is 11.1 Å². The summed E-state index contributed by atoms with van der Waals surface area (Å²) in [5.41, 5.74) is 0. The molecule has 150 valence electrons. The molecule has 2 aliphatic heterocycles. The van der Waals surface area contributed by atoms with Gasteiger partial charge < -0.3 is 4.90 Å². The van der Waals surface area contributed by atoms with Crippen molar-refractivity contribution in [3.63, 3.8) is 0 Å². The molecule has 3 aliphatic rings. The van der Waals surface area contributed by atoms with E-state index in [1.165, 1.54) is 22.7 Å². The van der Waals surface area contributed by atoms with Crippen molar-refractivity contribution in [2.75, 3.05) is 30.3 Å². The monoisotopic (exact) mass is 414 g/mol. The second-order valence-electron chi connectivity index (χ2n) is 7.92. The zero-order chi connectivity index (χ0) is 19.8. The summed E-state index contributed by atoms with van der Waals surface area (Å²) in [5.74, 6) is 0.124. The Bertz CT molecular complexity index is 771. The Morgan fingerprint density at radius 3 is 2.56 bits per heavy atom. The van der Waals surface area contributed by atoms with E-state index in [2.05, 4.69) is 0 Å². The van der Waals surface area contributed by atoms with Gasteiger partial charge in [0.25, 0.3) is 0 Å². The Kier molecular flexibility index (Phi) is 6.00. The molecule has 3 fully saturated rings. The molecule has 7 nitrogen and oxygen atoms in total. The van der Waals surface area contributed by atoms with Crippen molar-refractivity contribution in [3.8, 4) is 0 Å². The summed E-state index contributed by atoms with van der Waals surface area (Å²) in [4.78, 5) is 40.3. The first kappa shape index (κ1) is 20.4. The Balaban J connectivity index is 1.73. The molecule has 0 aromatic carbocycles. The molecule has 2 amide bonds. The van der Waals surface area contributed by atoms with E-state index in [4.69, 9.17) is 0 Å². The standard InChI is InChI=1S/C18H26N2O5S2/c1-12(2)8-19(14-5-6-27(24,25)11-14)16(22)9-20-17(23)10-26-18(20)7-15(21)13-3-4-13/h7,12-14H,3-6,8-11H2,1-2H3/b18-7+/t14-/m0/s1. The third kappa shape index (κ3) is 5.13. The number of rotatable bonds is 7. The number of hydrogen-bond acceptors (Lipinski definition) is 6. The van der Waals surface area contributed by atoms with Gasteiger partial charge in [-0.15, -0.1) is 0 Å². The van der Waals surface area contributed by atoms with Gasteiger partial charge >= 0.3 is 0 Å². The number of sulfone groups is 1. The molecule has 0 unspecified atom stereocenters. The smallest absolute Gasteiger partial charge is 0.242 e. The Morgan fingerprint density at radius 1 is 1.30 bits per heavy atom. The van der Waals surface area contributed by atoms with Gasteiger partial charge in [0.15, 0.2) is 15.6 Å². The van der Waals surface area contributed by atoms with E-state index in [-0.39, 0.29) is 59.3 Å². The molecule has 0 N–H and O–H groups in total. The zero-order valence-electron chi connectivity index (χ0n) is 15.7. The van der Waals surface area contributed by atoms with Gasteiger partial charge in [0, 0.05) is 24.6 Å². The lowest BCUT2D eigenvalue weighted by atomic mass is 10.1. The van der Waals surface area contributed by atoms with E-state index in [9.17, 15) is 22.8 Å². The van der Waals surface area contributed by atoms with E-state index < -0.39 is 9.84 Å². The van der Waals surface area contributed by atoms with Crippen LogP contribution in [0.1, 0.15) is 33.1 Å². The van der Waals surface area contributed by atoms with Crippen molar-refractivity contribution in [2.45, 2.75) is 39.2 Å². The van der Waals surface area contributed by atoms with Gasteiger partial charge in [0.05, 0.1) is 22.3 Å². The first-order valence-electron chi connectivity index (χ1n) is 9.35. The van der Waals surface area contributed by atoms with Crippen LogP contribution in [0.2, 0.25) is 0 Å². The minimum atomic E-state index is -3.11. The van der Waals surface area contributed by atoms with Crippen LogP contribution in [-0.2, 0) is 24.2 Å². The third-order valence-electron chi connectivity index (χ3n) is 4.98. The lowest BCUT2D eigenvalue weighted by Crippen LogP contribution is -2.47. The van der Waals surface area contributed by atoms with Crippen molar-refractivity contribution in [1.82, 2.24) is 9.80 Å². The molecule has 0 radical (unpaired) electrons. The highest BCUT2D eigenvalue weighted by molar-refractivity contribution is 8.04. The number of ketones is 1. The molecule has 0 aromatic rings. The number of carbonyl (C=O) groups is 3. The van der Waals surface area contributed by atoms with Gasteiger partial charge in [-0.25, -0.2) is 8.42 Å². The fourth-order valence-electron chi connectivity index (χ4n) is 3.40.